The van der Waals surface area contributed by atoms with E-state index in [1.54, 1.807) is 6.21 Å². The van der Waals surface area contributed by atoms with Crippen molar-refractivity contribution in [1.82, 2.24) is 5.43 Å². The minimum atomic E-state index is -0.486. The van der Waals surface area contributed by atoms with Gasteiger partial charge in [-0.25, -0.2) is 5.43 Å². The topological polar surface area (TPSA) is 61.7 Å². The Labute approximate surface area is 119 Å². The van der Waals surface area contributed by atoms with Crippen LogP contribution in [0.4, 0.5) is 0 Å². The first-order valence-corrected chi connectivity index (χ1v) is 6.69. The second-order valence-electron chi connectivity index (χ2n) is 3.83. The number of hydrogen-bond donors (Lipinski definition) is 2. The maximum absolute atomic E-state index is 11.8. The number of phenols is 1. The predicted molar refractivity (Wildman–Crippen MR) is 77.2 cm³/mol. The molecule has 4 nitrogen and oxygen atoms in total. The van der Waals surface area contributed by atoms with Gasteiger partial charge in [0, 0.05) is 9.90 Å². The molecule has 6 heteroatoms. The zero-order valence-electron chi connectivity index (χ0n) is 10.1. The van der Waals surface area contributed by atoms with Crippen LogP contribution in [0.3, 0.4) is 0 Å². The molecule has 2 N–H and O–H groups in total. The van der Waals surface area contributed by atoms with Crippen LogP contribution in [0.15, 0.2) is 34.7 Å². The van der Waals surface area contributed by atoms with Crippen molar-refractivity contribution in [3.05, 3.63) is 50.7 Å². The molecular weight excluding hydrogens is 284 g/mol. The average Bonchev–Trinajstić information content (AvgIpc) is 2.75. The number of carbonyl (C=O) groups is 1. The molecular formula is C13H11ClN2O2S. The van der Waals surface area contributed by atoms with Crippen LogP contribution in [0.2, 0.25) is 5.02 Å². The monoisotopic (exact) mass is 294 g/mol. The van der Waals surface area contributed by atoms with Crippen molar-refractivity contribution in [1.29, 1.82) is 0 Å². The first-order valence-electron chi connectivity index (χ1n) is 5.44. The highest BCUT2D eigenvalue weighted by atomic mass is 35.5. The molecule has 0 bridgehead atoms. The highest BCUT2D eigenvalue weighted by molar-refractivity contribution is 7.11. The number of halogens is 1. The van der Waals surface area contributed by atoms with Crippen LogP contribution in [-0.4, -0.2) is 17.2 Å². The van der Waals surface area contributed by atoms with Gasteiger partial charge in [-0.2, -0.15) is 5.10 Å². The van der Waals surface area contributed by atoms with Crippen molar-refractivity contribution >= 4 is 35.1 Å². The fourth-order valence-corrected chi connectivity index (χ4v) is 2.38. The second kappa shape index (κ2) is 5.86. The number of benzene rings is 1. The van der Waals surface area contributed by atoms with Gasteiger partial charge >= 0.3 is 0 Å². The van der Waals surface area contributed by atoms with Crippen LogP contribution in [-0.2, 0) is 0 Å². The number of amides is 1. The van der Waals surface area contributed by atoms with Crippen molar-refractivity contribution < 1.29 is 9.90 Å². The summed E-state index contributed by atoms with van der Waals surface area (Å²) in [7, 11) is 0. The summed E-state index contributed by atoms with van der Waals surface area (Å²) < 4.78 is 0. The third kappa shape index (κ3) is 3.33. The smallest absolute Gasteiger partial charge is 0.275 e. The van der Waals surface area contributed by atoms with Gasteiger partial charge in [-0.05, 0) is 42.1 Å². The van der Waals surface area contributed by atoms with Gasteiger partial charge in [0.25, 0.3) is 5.91 Å². The quantitative estimate of drug-likeness (QED) is 0.674. The Bertz CT molecular complexity index is 637. The van der Waals surface area contributed by atoms with E-state index in [1.165, 1.54) is 29.5 Å². The molecule has 2 aromatic rings. The van der Waals surface area contributed by atoms with Gasteiger partial charge in [-0.3, -0.25) is 4.79 Å². The molecule has 0 aliphatic carbocycles. The largest absolute Gasteiger partial charge is 0.507 e. The number of nitrogens with one attached hydrogen (secondary N) is 1. The van der Waals surface area contributed by atoms with E-state index in [0.29, 0.717) is 5.02 Å². The van der Waals surface area contributed by atoms with E-state index in [2.05, 4.69) is 10.5 Å². The van der Waals surface area contributed by atoms with Crippen LogP contribution < -0.4 is 5.43 Å². The average molecular weight is 295 g/mol. The molecule has 0 aliphatic heterocycles. The maximum atomic E-state index is 11.8. The number of hydrazone groups is 1. The highest BCUT2D eigenvalue weighted by Crippen LogP contribution is 2.21. The van der Waals surface area contributed by atoms with Crippen molar-refractivity contribution in [2.75, 3.05) is 0 Å². The zero-order valence-corrected chi connectivity index (χ0v) is 11.6. The van der Waals surface area contributed by atoms with E-state index >= 15 is 0 Å². The van der Waals surface area contributed by atoms with Crippen molar-refractivity contribution in [2.24, 2.45) is 5.10 Å². The van der Waals surface area contributed by atoms with Crippen molar-refractivity contribution in [2.45, 2.75) is 6.92 Å². The summed E-state index contributed by atoms with van der Waals surface area (Å²) in [6.45, 7) is 1.96. The molecule has 2 rings (SSSR count). The predicted octanol–water partition coefficient (Wildman–Crippen LogP) is 3.18. The summed E-state index contributed by atoms with van der Waals surface area (Å²) >= 11 is 7.23. The Kier molecular flexibility index (Phi) is 4.19. The number of aromatic hydroxyl groups is 1. The molecule has 0 fully saturated rings. The molecule has 1 amide bonds. The fraction of sp³-hybridized carbons (Fsp3) is 0.0769. The molecule has 0 atom stereocenters. The van der Waals surface area contributed by atoms with Gasteiger partial charge in [0.05, 0.1) is 11.8 Å². The van der Waals surface area contributed by atoms with E-state index in [4.69, 9.17) is 11.6 Å². The lowest BCUT2D eigenvalue weighted by Crippen LogP contribution is -2.17. The number of nitrogens with zero attached hydrogens (tertiary/aromatic N) is 1. The summed E-state index contributed by atoms with van der Waals surface area (Å²) in [6.07, 6.45) is 1.57. The SMILES string of the molecule is Cc1ccsc1/C=N\NC(=O)c1ccc(Cl)cc1O. The number of thiophene rings is 1. The van der Waals surface area contributed by atoms with Crippen LogP contribution in [0, 0.1) is 6.92 Å². The van der Waals surface area contributed by atoms with Crippen LogP contribution >= 0.6 is 22.9 Å². The van der Waals surface area contributed by atoms with Gasteiger partial charge < -0.3 is 5.11 Å². The third-order valence-corrected chi connectivity index (χ3v) is 3.64. The zero-order chi connectivity index (χ0) is 13.8. The number of carbonyl (C=O) groups excluding carboxylic acids is 1. The molecule has 1 heterocycles. The van der Waals surface area contributed by atoms with E-state index < -0.39 is 5.91 Å². The molecule has 1 aromatic heterocycles. The number of hydrogen-bond acceptors (Lipinski definition) is 4. The minimum Gasteiger partial charge on any atom is -0.507 e. The maximum Gasteiger partial charge on any atom is 0.275 e. The first-order chi connectivity index (χ1) is 9.08. The van der Waals surface area contributed by atoms with Crippen LogP contribution in [0.25, 0.3) is 0 Å². The standard InChI is InChI=1S/C13H11ClN2O2S/c1-8-4-5-19-12(8)7-15-16-13(18)10-3-2-9(14)6-11(10)17/h2-7,17H,1H3,(H,16,18)/b15-7-. The van der Waals surface area contributed by atoms with Crippen molar-refractivity contribution in [3.63, 3.8) is 0 Å². The molecule has 0 saturated heterocycles. The minimum absolute atomic E-state index is 0.129. The molecule has 98 valence electrons. The Hall–Kier alpha value is -1.85. The number of aryl methyl sites for hydroxylation is 1. The van der Waals surface area contributed by atoms with Crippen LogP contribution in [0.5, 0.6) is 5.75 Å². The van der Waals surface area contributed by atoms with E-state index in [0.717, 1.165) is 10.4 Å². The Morgan fingerprint density at radius 2 is 2.26 bits per heavy atom. The highest BCUT2D eigenvalue weighted by Gasteiger charge is 2.10. The molecule has 19 heavy (non-hydrogen) atoms. The number of phenolic OH excluding ortho intramolecular Hbond substituents is 1. The summed E-state index contributed by atoms with van der Waals surface area (Å²) in [5.41, 5.74) is 3.58. The van der Waals surface area contributed by atoms with Gasteiger partial charge in [0.1, 0.15) is 5.75 Å². The molecule has 0 aliphatic rings. The van der Waals surface area contributed by atoms with E-state index in [-0.39, 0.29) is 11.3 Å². The molecule has 0 saturated carbocycles. The van der Waals surface area contributed by atoms with Gasteiger partial charge in [-0.15, -0.1) is 11.3 Å². The fourth-order valence-electron chi connectivity index (χ4n) is 1.42. The first kappa shape index (κ1) is 13.6. The summed E-state index contributed by atoms with van der Waals surface area (Å²) in [5.74, 6) is -0.660. The van der Waals surface area contributed by atoms with E-state index in [9.17, 15) is 9.90 Å². The number of rotatable bonds is 3. The second-order valence-corrected chi connectivity index (χ2v) is 5.21. The van der Waals surface area contributed by atoms with Gasteiger partial charge in [-0.1, -0.05) is 11.6 Å². The lowest BCUT2D eigenvalue weighted by molar-refractivity contribution is 0.0952. The van der Waals surface area contributed by atoms with Gasteiger partial charge in [0.2, 0.25) is 0 Å². The third-order valence-electron chi connectivity index (χ3n) is 2.45. The Balaban J connectivity index is 2.06. The normalized spacial score (nSPS) is 10.8. The van der Waals surface area contributed by atoms with Crippen LogP contribution in [0.1, 0.15) is 20.8 Å². The van der Waals surface area contributed by atoms with Gasteiger partial charge in [0.15, 0.2) is 0 Å². The Morgan fingerprint density at radius 3 is 2.89 bits per heavy atom. The summed E-state index contributed by atoms with van der Waals surface area (Å²) in [6, 6.07) is 6.25. The molecule has 0 unspecified atom stereocenters. The lowest BCUT2D eigenvalue weighted by atomic mass is 10.2. The lowest BCUT2D eigenvalue weighted by Gasteiger charge is -2.02. The molecule has 0 radical (unpaired) electrons. The van der Waals surface area contributed by atoms with Crippen molar-refractivity contribution in [3.8, 4) is 5.75 Å². The van der Waals surface area contributed by atoms with E-state index in [1.807, 2.05) is 18.4 Å². The Morgan fingerprint density at radius 1 is 1.47 bits per heavy atom. The summed E-state index contributed by atoms with van der Waals surface area (Å²) in [5, 5.41) is 15.8. The summed E-state index contributed by atoms with van der Waals surface area (Å²) in [4.78, 5) is 12.7. The molecule has 0 spiro atoms. The molecule has 1 aromatic carbocycles.